The van der Waals surface area contributed by atoms with Crippen molar-refractivity contribution in [1.82, 2.24) is 4.23 Å². The number of ether oxygens (including phenoxy) is 2. The lowest BCUT2D eigenvalue weighted by Gasteiger charge is -2.44. The number of fused-ring (bicyclic) bond motifs is 1. The van der Waals surface area contributed by atoms with Crippen LogP contribution >= 0.6 is 0 Å². The van der Waals surface area contributed by atoms with Gasteiger partial charge in [0.2, 0.25) is 0 Å². The number of hydrogen-bond donors (Lipinski definition) is 0. The molecule has 0 aliphatic heterocycles. The summed E-state index contributed by atoms with van der Waals surface area (Å²) in [7, 11) is 0.652. The van der Waals surface area contributed by atoms with Crippen molar-refractivity contribution in [3.05, 3.63) is 35.5 Å². The largest absolute Gasteiger partial charge is 0.465 e. The predicted octanol–water partition coefficient (Wildman–Crippen LogP) is 5.24. The predicted molar refractivity (Wildman–Crippen MR) is 111 cm³/mol. The normalized spacial score (nSPS) is 12.3. The molecule has 148 valence electrons. The number of carbonyl (C=O) groups excluding carboxylic acids is 2. The number of hydrogen-bond acceptors (Lipinski definition) is 4. The Kier molecular flexibility index (Phi) is 6.20. The van der Waals surface area contributed by atoms with Gasteiger partial charge in [0.05, 0.1) is 25.3 Å². The third-order valence-electron chi connectivity index (χ3n) is 5.86. The lowest BCUT2D eigenvalue weighted by molar-refractivity contribution is 0.0557. The Balaban J connectivity index is 2.90. The van der Waals surface area contributed by atoms with E-state index in [0.29, 0.717) is 16.6 Å². The highest BCUT2D eigenvalue weighted by molar-refractivity contribution is 6.82. The molecule has 2 aromatic rings. The van der Waals surface area contributed by atoms with Gasteiger partial charge in [-0.25, -0.2) is 9.59 Å². The molecular formula is C21H31NO4Si. The second-order valence-corrected chi connectivity index (χ2v) is 13.7. The zero-order valence-corrected chi connectivity index (χ0v) is 18.6. The van der Waals surface area contributed by atoms with Gasteiger partial charge in [-0.2, -0.15) is 0 Å². The van der Waals surface area contributed by atoms with Crippen LogP contribution < -0.4 is 0 Å². The summed E-state index contributed by atoms with van der Waals surface area (Å²) in [6.07, 6.45) is 2.09. The van der Waals surface area contributed by atoms with Crippen LogP contribution in [0.15, 0.2) is 24.4 Å². The van der Waals surface area contributed by atoms with Gasteiger partial charge in [-0.1, -0.05) is 41.5 Å². The minimum atomic E-state index is -1.99. The smallest absolute Gasteiger partial charge is 0.339 e. The minimum absolute atomic E-state index is 0.237. The first kappa shape index (κ1) is 21.2. The Morgan fingerprint density at radius 1 is 0.852 bits per heavy atom. The van der Waals surface area contributed by atoms with Crippen LogP contribution in [0.2, 0.25) is 16.6 Å². The van der Waals surface area contributed by atoms with E-state index in [1.54, 1.807) is 6.07 Å². The Hall–Kier alpha value is -2.08. The SMILES string of the molecule is COC(=O)c1ccc2c(ccn2[Si](C(C)C)(C(C)C)C(C)C)c1C(=O)OC. The lowest BCUT2D eigenvalue weighted by Crippen LogP contribution is -2.51. The van der Waals surface area contributed by atoms with Crippen molar-refractivity contribution in [2.24, 2.45) is 0 Å². The number of rotatable bonds is 6. The number of esters is 2. The molecule has 1 aromatic carbocycles. The van der Waals surface area contributed by atoms with Crippen LogP contribution in [0.5, 0.6) is 0 Å². The number of carbonyl (C=O) groups is 2. The van der Waals surface area contributed by atoms with E-state index in [9.17, 15) is 9.59 Å². The fraction of sp³-hybridized carbons (Fsp3) is 0.524. The van der Waals surface area contributed by atoms with Gasteiger partial charge >= 0.3 is 11.9 Å². The van der Waals surface area contributed by atoms with Crippen molar-refractivity contribution in [3.8, 4) is 0 Å². The van der Waals surface area contributed by atoms with Crippen LogP contribution in [-0.4, -0.2) is 38.6 Å². The maximum absolute atomic E-state index is 12.5. The molecule has 27 heavy (non-hydrogen) atoms. The Bertz CT molecular complexity index is 829. The molecule has 0 amide bonds. The van der Waals surface area contributed by atoms with Gasteiger partial charge in [0.25, 0.3) is 0 Å². The molecule has 5 nitrogen and oxygen atoms in total. The molecule has 0 bridgehead atoms. The maximum atomic E-state index is 12.5. The summed E-state index contributed by atoms with van der Waals surface area (Å²) in [5, 5.41) is 0.739. The van der Waals surface area contributed by atoms with Crippen molar-refractivity contribution in [2.75, 3.05) is 14.2 Å². The van der Waals surface area contributed by atoms with E-state index in [1.807, 2.05) is 12.1 Å². The quantitative estimate of drug-likeness (QED) is 0.501. The Labute approximate surface area is 162 Å². The van der Waals surface area contributed by atoms with Crippen molar-refractivity contribution >= 4 is 31.1 Å². The zero-order valence-electron chi connectivity index (χ0n) is 17.6. The highest BCUT2D eigenvalue weighted by Gasteiger charge is 2.45. The van der Waals surface area contributed by atoms with Crippen LogP contribution in [0.4, 0.5) is 0 Å². The molecule has 0 unspecified atom stereocenters. The van der Waals surface area contributed by atoms with E-state index in [1.165, 1.54) is 14.2 Å². The summed E-state index contributed by atoms with van der Waals surface area (Å²) >= 11 is 0. The molecule has 0 atom stereocenters. The molecule has 0 spiro atoms. The van der Waals surface area contributed by atoms with E-state index < -0.39 is 20.2 Å². The first-order chi connectivity index (χ1) is 12.6. The standard InChI is InChI=1S/C21H31NO4Si/c1-13(2)27(14(3)4,15(5)6)22-12-11-16-18(22)10-9-17(20(23)25-7)19(16)21(24)26-8/h9-15H,1-8H3. The molecular weight excluding hydrogens is 358 g/mol. The van der Waals surface area contributed by atoms with E-state index in [4.69, 9.17) is 9.47 Å². The molecule has 0 aliphatic carbocycles. The monoisotopic (exact) mass is 389 g/mol. The van der Waals surface area contributed by atoms with Gasteiger partial charge in [0.1, 0.15) is 0 Å². The Morgan fingerprint density at radius 3 is 1.81 bits per heavy atom. The van der Waals surface area contributed by atoms with Gasteiger partial charge in [0, 0.05) is 10.9 Å². The molecule has 0 fully saturated rings. The molecule has 0 N–H and O–H groups in total. The van der Waals surface area contributed by atoms with Crippen molar-refractivity contribution in [2.45, 2.75) is 58.2 Å². The Morgan fingerprint density at radius 2 is 1.37 bits per heavy atom. The van der Waals surface area contributed by atoms with Gasteiger partial charge in [-0.15, -0.1) is 0 Å². The first-order valence-electron chi connectivity index (χ1n) is 9.45. The summed E-state index contributed by atoms with van der Waals surface area (Å²) in [5.41, 5.74) is 3.02. The number of methoxy groups -OCH3 is 2. The van der Waals surface area contributed by atoms with E-state index in [2.05, 4.69) is 52.0 Å². The van der Waals surface area contributed by atoms with Crippen molar-refractivity contribution in [3.63, 3.8) is 0 Å². The second kappa shape index (κ2) is 7.88. The maximum Gasteiger partial charge on any atom is 0.339 e. The van der Waals surface area contributed by atoms with E-state index >= 15 is 0 Å². The third kappa shape index (κ3) is 3.20. The average molecular weight is 390 g/mol. The topological polar surface area (TPSA) is 57.5 Å². The summed E-state index contributed by atoms with van der Waals surface area (Å²) < 4.78 is 12.2. The fourth-order valence-corrected chi connectivity index (χ4v) is 11.6. The minimum Gasteiger partial charge on any atom is -0.465 e. The fourth-order valence-electron chi connectivity index (χ4n) is 4.99. The van der Waals surface area contributed by atoms with Crippen molar-refractivity contribution in [1.29, 1.82) is 0 Å². The second-order valence-electron chi connectivity index (χ2n) is 7.94. The van der Waals surface area contributed by atoms with Crippen LogP contribution in [0.3, 0.4) is 0 Å². The molecule has 1 aromatic heterocycles. The molecule has 2 rings (SSSR count). The summed E-state index contributed by atoms with van der Waals surface area (Å²) in [5.74, 6) is -1.06. The molecule has 0 aliphatic rings. The molecule has 0 radical (unpaired) electrons. The number of nitrogens with zero attached hydrogens (tertiary/aromatic N) is 1. The van der Waals surface area contributed by atoms with Crippen LogP contribution in [-0.2, 0) is 9.47 Å². The molecule has 0 saturated carbocycles. The van der Waals surface area contributed by atoms with Gasteiger partial charge < -0.3 is 13.7 Å². The van der Waals surface area contributed by atoms with Gasteiger partial charge in [0.15, 0.2) is 8.24 Å². The number of aromatic nitrogens is 1. The summed E-state index contributed by atoms with van der Waals surface area (Å²) in [6, 6.07) is 5.54. The first-order valence-corrected chi connectivity index (χ1v) is 11.6. The van der Waals surface area contributed by atoms with E-state index in [0.717, 1.165) is 10.9 Å². The lowest BCUT2D eigenvalue weighted by atomic mass is 10.0. The average Bonchev–Trinajstić information content (AvgIpc) is 3.03. The molecule has 6 heteroatoms. The zero-order chi connectivity index (χ0) is 20.5. The highest BCUT2D eigenvalue weighted by atomic mass is 28.3. The van der Waals surface area contributed by atoms with Gasteiger partial charge in [-0.3, -0.25) is 0 Å². The van der Waals surface area contributed by atoms with Gasteiger partial charge in [-0.05, 0) is 41.0 Å². The third-order valence-corrected chi connectivity index (χ3v) is 12.6. The van der Waals surface area contributed by atoms with Crippen LogP contribution in [0.1, 0.15) is 62.3 Å². The molecule has 0 saturated heterocycles. The summed E-state index contributed by atoms with van der Waals surface area (Å²) in [4.78, 5) is 24.7. The van der Waals surface area contributed by atoms with Crippen molar-refractivity contribution < 1.29 is 19.1 Å². The highest BCUT2D eigenvalue weighted by Crippen LogP contribution is 2.44. The van der Waals surface area contributed by atoms with Crippen LogP contribution in [0.25, 0.3) is 10.9 Å². The number of benzene rings is 1. The van der Waals surface area contributed by atoms with E-state index in [-0.39, 0.29) is 11.1 Å². The van der Waals surface area contributed by atoms with Crippen LogP contribution in [0, 0.1) is 0 Å². The summed E-state index contributed by atoms with van der Waals surface area (Å²) in [6.45, 7) is 13.8. The molecule has 1 heterocycles.